The minimum Gasteiger partial charge on any atom is -0.481 e. The number of carboxylic acids is 1. The van der Waals surface area contributed by atoms with Crippen LogP contribution in [0.3, 0.4) is 0 Å². The third kappa shape index (κ3) is 6.30. The van der Waals surface area contributed by atoms with Crippen LogP contribution in [0.4, 0.5) is 13.2 Å². The third-order valence-corrected chi connectivity index (χ3v) is 8.59. The summed E-state index contributed by atoms with van der Waals surface area (Å²) >= 11 is 12.3. The van der Waals surface area contributed by atoms with E-state index in [9.17, 15) is 32.7 Å². The van der Waals surface area contributed by atoms with Gasteiger partial charge in [-0.25, -0.2) is 0 Å². The SMILES string of the molecule is C[C@@H]1C[C@@H](n2ncc(C(=O)N(CC(=O)c3c(Cl)cncc3Cl)CC3CC(C)(C)C3)c2C(F)(F)F)CC[C@@H]1C(=O)O. The standard InChI is InChI=1S/C27H31Cl2F3N4O4/c1-14-6-16(4-5-17(14)25(39)40)36-23(27(30,31)32)18(9-34-36)24(38)35(12-15-7-26(2,3)8-15)13-21(37)22-19(28)10-33-11-20(22)29/h9-11,14-17H,4-8,12-13H2,1-3H3,(H,39,40)/t14-,16+,17+/m1/s1. The Morgan fingerprint density at radius 1 is 1.12 bits per heavy atom. The van der Waals surface area contributed by atoms with Crippen LogP contribution in [0.1, 0.15) is 85.3 Å². The molecule has 8 nitrogen and oxygen atoms in total. The number of rotatable bonds is 8. The number of pyridine rings is 1. The number of amides is 1. The van der Waals surface area contributed by atoms with E-state index in [0.717, 1.165) is 28.6 Å². The Hall–Kier alpha value is -2.66. The summed E-state index contributed by atoms with van der Waals surface area (Å²) in [4.78, 5) is 43.4. The maximum absolute atomic E-state index is 14.5. The summed E-state index contributed by atoms with van der Waals surface area (Å²) in [6.45, 7) is 5.36. The third-order valence-electron chi connectivity index (χ3n) is 8.01. The molecule has 0 bridgehead atoms. The fraction of sp³-hybridized carbons (Fsp3) is 0.593. The second-order valence-electron chi connectivity index (χ2n) is 11.8. The second-order valence-corrected chi connectivity index (χ2v) is 12.6. The lowest BCUT2D eigenvalue weighted by Gasteiger charge is -2.44. The number of ketones is 1. The molecule has 2 heterocycles. The van der Waals surface area contributed by atoms with Gasteiger partial charge in [0.05, 0.1) is 45.9 Å². The molecular weight excluding hydrogens is 572 g/mol. The minimum atomic E-state index is -4.92. The Morgan fingerprint density at radius 2 is 1.75 bits per heavy atom. The van der Waals surface area contributed by atoms with Crippen molar-refractivity contribution in [2.45, 2.75) is 65.1 Å². The van der Waals surface area contributed by atoms with Gasteiger partial charge in [0.1, 0.15) is 0 Å². The van der Waals surface area contributed by atoms with E-state index in [0.29, 0.717) is 0 Å². The van der Waals surface area contributed by atoms with E-state index in [4.69, 9.17) is 23.2 Å². The molecule has 2 aliphatic carbocycles. The van der Waals surface area contributed by atoms with Gasteiger partial charge >= 0.3 is 12.1 Å². The number of halogens is 5. The number of alkyl halides is 3. The zero-order chi connectivity index (χ0) is 29.6. The van der Waals surface area contributed by atoms with E-state index in [2.05, 4.69) is 23.9 Å². The van der Waals surface area contributed by atoms with Crippen molar-refractivity contribution in [2.24, 2.45) is 23.2 Å². The molecule has 2 aromatic heterocycles. The zero-order valence-corrected chi connectivity index (χ0v) is 23.9. The van der Waals surface area contributed by atoms with Crippen molar-refractivity contribution >= 4 is 40.9 Å². The number of hydrogen-bond donors (Lipinski definition) is 1. The first kappa shape index (κ1) is 30.3. The minimum absolute atomic E-state index is 0.00617. The molecule has 40 heavy (non-hydrogen) atoms. The largest absolute Gasteiger partial charge is 0.481 e. The Kier molecular flexibility index (Phi) is 8.57. The molecule has 3 atom stereocenters. The lowest BCUT2D eigenvalue weighted by molar-refractivity contribution is -0.149. The maximum Gasteiger partial charge on any atom is 0.433 e. The highest BCUT2D eigenvalue weighted by Crippen LogP contribution is 2.45. The summed E-state index contributed by atoms with van der Waals surface area (Å²) < 4.78 is 44.2. The van der Waals surface area contributed by atoms with Gasteiger partial charge in [-0.05, 0) is 49.4 Å². The van der Waals surface area contributed by atoms with Crippen molar-refractivity contribution in [3.05, 3.63) is 45.5 Å². The van der Waals surface area contributed by atoms with Crippen molar-refractivity contribution in [1.82, 2.24) is 19.7 Å². The fourth-order valence-electron chi connectivity index (χ4n) is 6.30. The molecule has 1 amide bonds. The number of nitrogens with zero attached hydrogens (tertiary/aromatic N) is 4. The van der Waals surface area contributed by atoms with E-state index >= 15 is 0 Å². The predicted molar refractivity (Wildman–Crippen MR) is 141 cm³/mol. The van der Waals surface area contributed by atoms with Crippen LogP contribution in [0.25, 0.3) is 0 Å². The highest BCUT2D eigenvalue weighted by Gasteiger charge is 2.45. The molecule has 2 saturated carbocycles. The van der Waals surface area contributed by atoms with Crippen molar-refractivity contribution in [1.29, 1.82) is 0 Å². The molecule has 218 valence electrons. The summed E-state index contributed by atoms with van der Waals surface area (Å²) in [7, 11) is 0. The van der Waals surface area contributed by atoms with Crippen molar-refractivity contribution in [3.8, 4) is 0 Å². The molecule has 0 aromatic carbocycles. The number of Topliss-reactive ketones (excluding diaryl/α,β-unsaturated/α-hetero) is 1. The van der Waals surface area contributed by atoms with E-state index in [-0.39, 0.29) is 58.7 Å². The Morgan fingerprint density at radius 3 is 2.27 bits per heavy atom. The van der Waals surface area contributed by atoms with E-state index in [1.54, 1.807) is 6.92 Å². The molecule has 0 spiro atoms. The smallest absolute Gasteiger partial charge is 0.433 e. The highest BCUT2D eigenvalue weighted by molar-refractivity contribution is 6.39. The Labute approximate surface area is 239 Å². The van der Waals surface area contributed by atoms with Crippen LogP contribution in [-0.4, -0.2) is 55.5 Å². The molecule has 2 fully saturated rings. The maximum atomic E-state index is 14.5. The van der Waals surface area contributed by atoms with E-state index in [1.165, 1.54) is 12.4 Å². The summed E-state index contributed by atoms with van der Waals surface area (Å²) in [6, 6.07) is -0.722. The van der Waals surface area contributed by atoms with Crippen molar-refractivity contribution < 1.29 is 32.7 Å². The van der Waals surface area contributed by atoms with Gasteiger partial charge in [-0.1, -0.05) is 44.0 Å². The van der Waals surface area contributed by atoms with Crippen LogP contribution in [0, 0.1) is 23.2 Å². The second kappa shape index (κ2) is 11.3. The van der Waals surface area contributed by atoms with Gasteiger partial charge in [0.15, 0.2) is 11.5 Å². The molecule has 0 aliphatic heterocycles. The van der Waals surface area contributed by atoms with Gasteiger partial charge in [0.25, 0.3) is 5.91 Å². The van der Waals surface area contributed by atoms with Gasteiger partial charge in [-0.15, -0.1) is 0 Å². The number of carboxylic acid groups (broad SMARTS) is 1. The zero-order valence-electron chi connectivity index (χ0n) is 22.3. The molecule has 0 saturated heterocycles. The molecule has 0 radical (unpaired) electrons. The van der Waals surface area contributed by atoms with Crippen LogP contribution < -0.4 is 0 Å². The lowest BCUT2D eigenvalue weighted by Crippen LogP contribution is -2.45. The number of aliphatic carboxylic acids is 1. The fourth-order valence-corrected chi connectivity index (χ4v) is 6.87. The quantitative estimate of drug-likeness (QED) is 0.349. The van der Waals surface area contributed by atoms with Crippen LogP contribution in [-0.2, 0) is 11.0 Å². The van der Waals surface area contributed by atoms with Crippen molar-refractivity contribution in [3.63, 3.8) is 0 Å². The van der Waals surface area contributed by atoms with Gasteiger partial charge in [0, 0.05) is 18.9 Å². The molecule has 1 N–H and O–H groups in total. The average Bonchev–Trinajstić information content (AvgIpc) is 3.27. The molecule has 13 heteroatoms. The van der Waals surface area contributed by atoms with Crippen LogP contribution in [0.15, 0.2) is 18.6 Å². The first-order chi connectivity index (χ1) is 18.6. The van der Waals surface area contributed by atoms with E-state index < -0.39 is 53.6 Å². The molecular formula is C27H31Cl2F3N4O4. The first-order valence-corrected chi connectivity index (χ1v) is 13.8. The van der Waals surface area contributed by atoms with Gasteiger partial charge in [-0.3, -0.25) is 24.0 Å². The number of carbonyl (C=O) groups is 3. The molecule has 4 rings (SSSR count). The van der Waals surface area contributed by atoms with Gasteiger partial charge in [-0.2, -0.15) is 18.3 Å². The molecule has 2 aromatic rings. The monoisotopic (exact) mass is 602 g/mol. The van der Waals surface area contributed by atoms with Crippen LogP contribution >= 0.6 is 23.2 Å². The topological polar surface area (TPSA) is 105 Å². The van der Waals surface area contributed by atoms with Gasteiger partial charge in [0.2, 0.25) is 0 Å². The van der Waals surface area contributed by atoms with Gasteiger partial charge < -0.3 is 10.0 Å². The first-order valence-electron chi connectivity index (χ1n) is 13.1. The number of carbonyl (C=O) groups excluding carboxylic acids is 2. The molecule has 0 unspecified atom stereocenters. The van der Waals surface area contributed by atoms with E-state index in [1.807, 2.05) is 0 Å². The number of hydrogen-bond acceptors (Lipinski definition) is 5. The summed E-state index contributed by atoms with van der Waals surface area (Å²) in [6.07, 6.45) is 0.489. The normalized spacial score (nSPS) is 22.9. The predicted octanol–water partition coefficient (Wildman–Crippen LogP) is 6.43. The Bertz CT molecular complexity index is 1280. The average molecular weight is 603 g/mol. The lowest BCUT2D eigenvalue weighted by atomic mass is 9.64. The van der Waals surface area contributed by atoms with Crippen LogP contribution in [0.2, 0.25) is 10.0 Å². The summed E-state index contributed by atoms with van der Waals surface area (Å²) in [5, 5.41) is 13.3. The molecule has 2 aliphatic rings. The Balaban J connectivity index is 1.66. The highest BCUT2D eigenvalue weighted by atomic mass is 35.5. The van der Waals surface area contributed by atoms with Crippen molar-refractivity contribution in [2.75, 3.05) is 13.1 Å². The van der Waals surface area contributed by atoms with Crippen LogP contribution in [0.5, 0.6) is 0 Å². The summed E-state index contributed by atoms with van der Waals surface area (Å²) in [5.41, 5.74) is -1.87. The number of aromatic nitrogens is 3. The summed E-state index contributed by atoms with van der Waals surface area (Å²) in [5.74, 6) is -3.58.